The molecule has 2 aromatic rings. The SMILES string of the molecule is Cc1cc(C)cc(OCCNc2ccc(Cl)c(Cl)c2)c1. The molecule has 0 aliphatic carbocycles. The zero-order valence-electron chi connectivity index (χ0n) is 11.5. The molecule has 2 nitrogen and oxygen atoms in total. The van der Waals surface area contributed by atoms with Gasteiger partial charge >= 0.3 is 0 Å². The molecule has 1 N–H and O–H groups in total. The van der Waals surface area contributed by atoms with E-state index in [2.05, 4.69) is 25.2 Å². The first kappa shape index (κ1) is 15.0. The van der Waals surface area contributed by atoms with Crippen molar-refractivity contribution in [1.29, 1.82) is 0 Å². The van der Waals surface area contributed by atoms with Gasteiger partial charge in [0.1, 0.15) is 12.4 Å². The van der Waals surface area contributed by atoms with Gasteiger partial charge in [0.25, 0.3) is 0 Å². The van der Waals surface area contributed by atoms with E-state index in [0.717, 1.165) is 11.4 Å². The smallest absolute Gasteiger partial charge is 0.119 e. The minimum atomic E-state index is 0.548. The lowest BCUT2D eigenvalue weighted by Crippen LogP contribution is -2.11. The van der Waals surface area contributed by atoms with E-state index < -0.39 is 0 Å². The summed E-state index contributed by atoms with van der Waals surface area (Å²) in [5, 5.41) is 4.35. The van der Waals surface area contributed by atoms with E-state index in [1.54, 1.807) is 12.1 Å². The molecule has 2 rings (SSSR count). The van der Waals surface area contributed by atoms with E-state index in [4.69, 9.17) is 27.9 Å². The van der Waals surface area contributed by atoms with Gasteiger partial charge in [0, 0.05) is 12.2 Å². The fourth-order valence-electron chi connectivity index (χ4n) is 1.99. The molecule has 4 heteroatoms. The number of nitrogens with one attached hydrogen (secondary N) is 1. The summed E-state index contributed by atoms with van der Waals surface area (Å²) in [5.41, 5.74) is 3.35. The van der Waals surface area contributed by atoms with Gasteiger partial charge in [-0.3, -0.25) is 0 Å². The van der Waals surface area contributed by atoms with Crippen LogP contribution in [0.3, 0.4) is 0 Å². The van der Waals surface area contributed by atoms with Gasteiger partial charge in [-0.25, -0.2) is 0 Å². The van der Waals surface area contributed by atoms with Crippen molar-refractivity contribution >= 4 is 28.9 Å². The molecule has 0 aromatic heterocycles. The number of hydrogen-bond acceptors (Lipinski definition) is 2. The molecule has 0 fully saturated rings. The molecule has 0 saturated heterocycles. The molecular formula is C16H17Cl2NO. The molecule has 0 amide bonds. The van der Waals surface area contributed by atoms with Gasteiger partial charge in [-0.05, 0) is 55.3 Å². The van der Waals surface area contributed by atoms with E-state index in [9.17, 15) is 0 Å². The maximum absolute atomic E-state index is 5.95. The van der Waals surface area contributed by atoms with Crippen molar-refractivity contribution in [2.24, 2.45) is 0 Å². The van der Waals surface area contributed by atoms with Gasteiger partial charge in [-0.2, -0.15) is 0 Å². The molecule has 0 heterocycles. The number of anilines is 1. The van der Waals surface area contributed by atoms with E-state index >= 15 is 0 Å². The van der Waals surface area contributed by atoms with Crippen molar-refractivity contribution < 1.29 is 4.74 Å². The lowest BCUT2D eigenvalue weighted by atomic mass is 10.1. The first-order valence-corrected chi connectivity index (χ1v) is 7.20. The van der Waals surface area contributed by atoms with Gasteiger partial charge in [0.2, 0.25) is 0 Å². The van der Waals surface area contributed by atoms with E-state index in [1.165, 1.54) is 11.1 Å². The molecule has 0 aliphatic rings. The lowest BCUT2D eigenvalue weighted by Gasteiger charge is -2.10. The Morgan fingerprint density at radius 3 is 2.30 bits per heavy atom. The van der Waals surface area contributed by atoms with Crippen LogP contribution in [0, 0.1) is 13.8 Å². The summed E-state index contributed by atoms with van der Waals surface area (Å²) in [7, 11) is 0. The number of hydrogen-bond donors (Lipinski definition) is 1. The Kier molecular flexibility index (Phi) is 5.16. The normalized spacial score (nSPS) is 10.4. The first-order chi connectivity index (χ1) is 9.54. The van der Waals surface area contributed by atoms with Crippen LogP contribution in [-0.2, 0) is 0 Å². The highest BCUT2D eigenvalue weighted by molar-refractivity contribution is 6.42. The molecule has 0 unspecified atom stereocenters. The lowest BCUT2D eigenvalue weighted by molar-refractivity contribution is 0.332. The van der Waals surface area contributed by atoms with E-state index in [-0.39, 0.29) is 0 Å². The molecule has 20 heavy (non-hydrogen) atoms. The predicted octanol–water partition coefficient (Wildman–Crippen LogP) is 5.10. The number of benzene rings is 2. The third-order valence-corrected chi connectivity index (χ3v) is 3.55. The number of aryl methyl sites for hydroxylation is 2. The third kappa shape index (κ3) is 4.32. The number of ether oxygens (including phenoxy) is 1. The van der Waals surface area contributed by atoms with Crippen LogP contribution >= 0.6 is 23.2 Å². The summed E-state index contributed by atoms with van der Waals surface area (Å²) in [6.45, 7) is 5.41. The monoisotopic (exact) mass is 309 g/mol. The molecule has 0 spiro atoms. The van der Waals surface area contributed by atoms with Crippen molar-refractivity contribution in [3.63, 3.8) is 0 Å². The second kappa shape index (κ2) is 6.87. The number of halogens is 2. The molecule has 0 aliphatic heterocycles. The number of rotatable bonds is 5. The molecular weight excluding hydrogens is 293 g/mol. The van der Waals surface area contributed by atoms with Crippen LogP contribution in [0.2, 0.25) is 10.0 Å². The predicted molar refractivity (Wildman–Crippen MR) is 86.4 cm³/mol. The van der Waals surface area contributed by atoms with E-state index in [1.807, 2.05) is 18.2 Å². The minimum Gasteiger partial charge on any atom is -0.492 e. The van der Waals surface area contributed by atoms with Crippen LogP contribution in [0.5, 0.6) is 5.75 Å². The topological polar surface area (TPSA) is 21.3 Å². The highest BCUT2D eigenvalue weighted by atomic mass is 35.5. The van der Waals surface area contributed by atoms with Crippen molar-refractivity contribution in [2.75, 3.05) is 18.5 Å². The Balaban J connectivity index is 1.82. The van der Waals surface area contributed by atoms with Gasteiger partial charge < -0.3 is 10.1 Å². The van der Waals surface area contributed by atoms with Gasteiger partial charge in [-0.15, -0.1) is 0 Å². The average molecular weight is 310 g/mol. The first-order valence-electron chi connectivity index (χ1n) is 6.44. The Morgan fingerprint density at radius 1 is 0.950 bits per heavy atom. The Bertz CT molecular complexity index is 579. The van der Waals surface area contributed by atoms with E-state index in [0.29, 0.717) is 23.2 Å². The Hall–Kier alpha value is -1.38. The summed E-state index contributed by atoms with van der Waals surface area (Å²) in [6.07, 6.45) is 0. The van der Waals surface area contributed by atoms with Crippen molar-refractivity contribution in [3.05, 3.63) is 57.6 Å². The van der Waals surface area contributed by atoms with Crippen molar-refractivity contribution in [3.8, 4) is 5.75 Å². The molecule has 0 radical (unpaired) electrons. The zero-order valence-corrected chi connectivity index (χ0v) is 13.1. The summed E-state index contributed by atoms with van der Waals surface area (Å²) in [6, 6.07) is 11.7. The quantitative estimate of drug-likeness (QED) is 0.776. The van der Waals surface area contributed by atoms with Crippen molar-refractivity contribution in [2.45, 2.75) is 13.8 Å². The maximum atomic E-state index is 5.95. The van der Waals surface area contributed by atoms with Crippen LogP contribution in [0.15, 0.2) is 36.4 Å². The van der Waals surface area contributed by atoms with Gasteiger partial charge in [0.05, 0.1) is 10.0 Å². The highest BCUT2D eigenvalue weighted by Crippen LogP contribution is 2.24. The highest BCUT2D eigenvalue weighted by Gasteiger charge is 2.00. The standard InChI is InChI=1S/C16H17Cl2NO/c1-11-7-12(2)9-14(8-11)20-6-5-19-13-3-4-15(17)16(18)10-13/h3-4,7-10,19H,5-6H2,1-2H3. The van der Waals surface area contributed by atoms with Crippen molar-refractivity contribution in [1.82, 2.24) is 0 Å². The van der Waals surface area contributed by atoms with Crippen LogP contribution in [-0.4, -0.2) is 13.2 Å². The van der Waals surface area contributed by atoms with Crippen LogP contribution in [0.1, 0.15) is 11.1 Å². The zero-order chi connectivity index (χ0) is 14.5. The molecule has 0 bridgehead atoms. The Morgan fingerprint density at radius 2 is 1.65 bits per heavy atom. The third-order valence-electron chi connectivity index (χ3n) is 2.81. The van der Waals surface area contributed by atoms with Crippen LogP contribution in [0.4, 0.5) is 5.69 Å². The maximum Gasteiger partial charge on any atom is 0.119 e. The Labute approximate surface area is 129 Å². The second-order valence-corrected chi connectivity index (χ2v) is 5.54. The molecule has 0 atom stereocenters. The molecule has 2 aromatic carbocycles. The molecule has 106 valence electrons. The summed E-state index contributed by atoms with van der Waals surface area (Å²) in [5.74, 6) is 0.901. The van der Waals surface area contributed by atoms with Gasteiger partial charge in [0.15, 0.2) is 0 Å². The average Bonchev–Trinajstić information content (AvgIpc) is 2.38. The summed E-state index contributed by atoms with van der Waals surface area (Å²) >= 11 is 11.8. The summed E-state index contributed by atoms with van der Waals surface area (Å²) < 4.78 is 5.72. The fraction of sp³-hybridized carbons (Fsp3) is 0.250. The fourth-order valence-corrected chi connectivity index (χ4v) is 2.28. The second-order valence-electron chi connectivity index (χ2n) is 4.73. The minimum absolute atomic E-state index is 0.548. The van der Waals surface area contributed by atoms with Gasteiger partial charge in [-0.1, -0.05) is 29.3 Å². The van der Waals surface area contributed by atoms with Crippen LogP contribution < -0.4 is 10.1 Å². The van der Waals surface area contributed by atoms with Crippen LogP contribution in [0.25, 0.3) is 0 Å². The largest absolute Gasteiger partial charge is 0.492 e. The summed E-state index contributed by atoms with van der Waals surface area (Å²) in [4.78, 5) is 0. The molecule has 0 saturated carbocycles.